The Morgan fingerprint density at radius 1 is 0.483 bits per heavy atom. The van der Waals surface area contributed by atoms with Crippen LogP contribution in [0.3, 0.4) is 0 Å². The van der Waals surface area contributed by atoms with Crippen molar-refractivity contribution in [3.63, 3.8) is 0 Å². The topological polar surface area (TPSA) is 55.1 Å². The van der Waals surface area contributed by atoms with Crippen LogP contribution in [-0.2, 0) is 0 Å². The molecule has 0 unspecified atom stereocenters. The number of rotatable bonds is 8. The van der Waals surface area contributed by atoms with Crippen molar-refractivity contribution in [1.29, 1.82) is 0 Å². The smallest absolute Gasteiger partial charge is 0.164 e. The summed E-state index contributed by atoms with van der Waals surface area (Å²) in [5.41, 5.74) is 8.25. The third-order valence-electron chi connectivity index (χ3n) is 10.5. The first-order valence-electron chi connectivity index (χ1n) is 19.3. The zero-order chi connectivity index (χ0) is 38.8. The van der Waals surface area contributed by atoms with E-state index < -0.39 is 0 Å². The Morgan fingerprint density at radius 2 is 1.05 bits per heavy atom. The standard InChI is InChI=1S/C53H36N4O/c1-2-17-48-46(50-44(27-16-29-49(50)58-48)53-55-51(39-21-8-4-9-22-39)54-52(56-53)40-23-10-5-11-24-40)35-57(47-28-15-14-26-43(47)36-18-6-3-7-19-36)41-33-32-38-31-30-37-20-12-13-25-42(37)45(38)34-41/h2-35H,1H2/b46-35+,48-17+. The van der Waals surface area contributed by atoms with Gasteiger partial charge in [0.15, 0.2) is 17.5 Å². The zero-order valence-electron chi connectivity index (χ0n) is 31.5. The Kier molecular flexibility index (Phi) is 8.93. The summed E-state index contributed by atoms with van der Waals surface area (Å²) in [6.45, 7) is 4.07. The number of allylic oxidation sites excluding steroid dienone is 1. The van der Waals surface area contributed by atoms with Crippen LogP contribution < -0.4 is 15.5 Å². The van der Waals surface area contributed by atoms with Gasteiger partial charge in [0.05, 0.1) is 5.69 Å². The van der Waals surface area contributed by atoms with Gasteiger partial charge in [0.25, 0.3) is 0 Å². The van der Waals surface area contributed by atoms with E-state index in [1.165, 1.54) is 21.5 Å². The van der Waals surface area contributed by atoms with Gasteiger partial charge in [0.2, 0.25) is 0 Å². The maximum Gasteiger partial charge on any atom is 0.164 e. The van der Waals surface area contributed by atoms with E-state index in [0.717, 1.165) is 49.8 Å². The van der Waals surface area contributed by atoms with E-state index in [1.54, 1.807) is 6.08 Å². The molecular formula is C53H36N4O. The fourth-order valence-corrected chi connectivity index (χ4v) is 7.76. The monoisotopic (exact) mass is 744 g/mol. The molecule has 10 rings (SSSR count). The molecule has 0 atom stereocenters. The lowest BCUT2D eigenvalue weighted by Gasteiger charge is -2.25. The lowest BCUT2D eigenvalue weighted by Crippen LogP contribution is -2.25. The number of hydrogen-bond donors (Lipinski definition) is 0. The minimum atomic E-state index is 0.548. The molecule has 0 aliphatic carbocycles. The van der Waals surface area contributed by atoms with Gasteiger partial charge in [-0.25, -0.2) is 15.0 Å². The Bertz CT molecular complexity index is 3190. The van der Waals surface area contributed by atoms with Gasteiger partial charge >= 0.3 is 0 Å². The second kappa shape index (κ2) is 15.0. The molecule has 0 spiro atoms. The van der Waals surface area contributed by atoms with Gasteiger partial charge in [-0.05, 0) is 57.4 Å². The summed E-state index contributed by atoms with van der Waals surface area (Å²) in [5.74, 6) is 1.73. The molecule has 5 heteroatoms. The fraction of sp³-hybridized carbons (Fsp3) is 0. The molecule has 0 amide bonds. The summed E-state index contributed by atoms with van der Waals surface area (Å²) in [6.07, 6.45) is 5.88. The third-order valence-corrected chi connectivity index (χ3v) is 10.5. The van der Waals surface area contributed by atoms with Crippen molar-refractivity contribution in [1.82, 2.24) is 15.0 Å². The van der Waals surface area contributed by atoms with Crippen LogP contribution in [0, 0.1) is 0 Å². The predicted octanol–water partition coefficient (Wildman–Crippen LogP) is 12.1. The highest BCUT2D eigenvalue weighted by Crippen LogP contribution is 2.38. The molecule has 8 aromatic carbocycles. The van der Waals surface area contributed by atoms with Crippen LogP contribution in [0.4, 0.5) is 11.4 Å². The molecular weight excluding hydrogens is 709 g/mol. The molecule has 0 aliphatic rings. The molecule has 0 N–H and O–H groups in total. The summed E-state index contributed by atoms with van der Waals surface area (Å²) < 4.78 is 6.69. The van der Waals surface area contributed by atoms with E-state index in [4.69, 9.17) is 19.4 Å². The van der Waals surface area contributed by atoms with Crippen molar-refractivity contribution in [2.24, 2.45) is 0 Å². The number of para-hydroxylation sites is 1. The zero-order valence-corrected chi connectivity index (χ0v) is 31.5. The summed E-state index contributed by atoms with van der Waals surface area (Å²) in [5, 5.41) is 6.50. The molecule has 0 fully saturated rings. The molecule has 0 aliphatic heterocycles. The van der Waals surface area contributed by atoms with Crippen LogP contribution in [0.15, 0.2) is 205 Å². The van der Waals surface area contributed by atoms with Crippen molar-refractivity contribution in [3.8, 4) is 45.3 Å². The number of fused-ring (bicyclic) bond motifs is 4. The average molecular weight is 745 g/mol. The van der Waals surface area contributed by atoms with Crippen molar-refractivity contribution in [2.75, 3.05) is 4.90 Å². The van der Waals surface area contributed by atoms with Crippen LogP contribution in [0.5, 0.6) is 0 Å². The number of furan rings is 1. The lowest BCUT2D eigenvalue weighted by atomic mass is 10.00. The van der Waals surface area contributed by atoms with E-state index in [-0.39, 0.29) is 0 Å². The summed E-state index contributed by atoms with van der Waals surface area (Å²) in [4.78, 5) is 17.5. The van der Waals surface area contributed by atoms with E-state index in [0.29, 0.717) is 28.5 Å². The maximum atomic E-state index is 6.69. The van der Waals surface area contributed by atoms with Gasteiger partial charge < -0.3 is 9.32 Å². The van der Waals surface area contributed by atoms with Gasteiger partial charge in [0, 0.05) is 44.7 Å². The van der Waals surface area contributed by atoms with E-state index in [2.05, 4.69) is 133 Å². The van der Waals surface area contributed by atoms with Gasteiger partial charge in [0.1, 0.15) is 11.0 Å². The normalized spacial score (nSPS) is 12.1. The summed E-state index contributed by atoms with van der Waals surface area (Å²) in [7, 11) is 0. The molecule has 2 aromatic heterocycles. The number of anilines is 2. The highest BCUT2D eigenvalue weighted by Gasteiger charge is 2.20. The van der Waals surface area contributed by atoms with Crippen molar-refractivity contribution >= 4 is 56.2 Å². The van der Waals surface area contributed by atoms with Gasteiger partial charge in [-0.1, -0.05) is 176 Å². The van der Waals surface area contributed by atoms with Gasteiger partial charge in [-0.15, -0.1) is 0 Å². The molecule has 58 heavy (non-hydrogen) atoms. The summed E-state index contributed by atoms with van der Waals surface area (Å²) in [6, 6.07) is 64.9. The van der Waals surface area contributed by atoms with Crippen LogP contribution in [0.2, 0.25) is 0 Å². The Balaban J connectivity index is 1.28. The molecule has 0 radical (unpaired) electrons. The molecule has 10 aromatic rings. The van der Waals surface area contributed by atoms with Crippen LogP contribution in [-0.4, -0.2) is 15.0 Å². The molecule has 2 heterocycles. The number of nitrogens with zero attached hydrogens (tertiary/aromatic N) is 4. The summed E-state index contributed by atoms with van der Waals surface area (Å²) >= 11 is 0. The van der Waals surface area contributed by atoms with Crippen LogP contribution in [0.1, 0.15) is 0 Å². The minimum Gasteiger partial charge on any atom is -0.456 e. The van der Waals surface area contributed by atoms with E-state index >= 15 is 0 Å². The molecule has 274 valence electrons. The Labute approximate surface area is 335 Å². The van der Waals surface area contributed by atoms with Crippen molar-refractivity contribution < 1.29 is 4.42 Å². The lowest BCUT2D eigenvalue weighted by molar-refractivity contribution is 0.575. The molecule has 0 bridgehead atoms. The van der Waals surface area contributed by atoms with Crippen molar-refractivity contribution in [3.05, 3.63) is 211 Å². The minimum absolute atomic E-state index is 0.548. The van der Waals surface area contributed by atoms with E-state index in [9.17, 15) is 0 Å². The molecule has 5 nitrogen and oxygen atoms in total. The van der Waals surface area contributed by atoms with Crippen LogP contribution in [0.25, 0.3) is 90.1 Å². The van der Waals surface area contributed by atoms with Gasteiger partial charge in [-0.3, -0.25) is 0 Å². The first-order valence-corrected chi connectivity index (χ1v) is 19.3. The maximum absolute atomic E-state index is 6.69. The highest BCUT2D eigenvalue weighted by atomic mass is 16.3. The fourth-order valence-electron chi connectivity index (χ4n) is 7.76. The second-order valence-electron chi connectivity index (χ2n) is 14.1. The first kappa shape index (κ1) is 34.6. The number of hydrogen-bond acceptors (Lipinski definition) is 5. The quantitative estimate of drug-likeness (QED) is 0.145. The van der Waals surface area contributed by atoms with Gasteiger partial charge in [-0.2, -0.15) is 0 Å². The van der Waals surface area contributed by atoms with Crippen LogP contribution >= 0.6 is 0 Å². The Morgan fingerprint density at radius 3 is 1.76 bits per heavy atom. The molecule has 0 saturated heterocycles. The second-order valence-corrected chi connectivity index (χ2v) is 14.1. The number of benzene rings is 8. The average Bonchev–Trinajstić information content (AvgIpc) is 3.65. The number of aromatic nitrogens is 3. The molecule has 0 saturated carbocycles. The van der Waals surface area contributed by atoms with Crippen molar-refractivity contribution in [2.45, 2.75) is 0 Å². The van der Waals surface area contributed by atoms with E-state index in [1.807, 2.05) is 78.9 Å². The Hall–Kier alpha value is -7.89. The predicted molar refractivity (Wildman–Crippen MR) is 240 cm³/mol. The third kappa shape index (κ3) is 6.41. The first-order chi connectivity index (χ1) is 28.7. The SMILES string of the molecule is C=C/C=c1/oc2cccc(-c3nc(-c4ccccc4)nc(-c4ccccc4)n3)c2/c1=C/N(c1ccc2ccc3ccccc3c2c1)c1ccccc1-c1ccccc1. The largest absolute Gasteiger partial charge is 0.456 e. The highest BCUT2D eigenvalue weighted by molar-refractivity contribution is 6.09.